The second-order valence-corrected chi connectivity index (χ2v) is 5.85. The van der Waals surface area contributed by atoms with Crippen molar-refractivity contribution in [3.63, 3.8) is 0 Å². The van der Waals surface area contributed by atoms with Gasteiger partial charge in [0.25, 0.3) is 0 Å². The molecule has 1 aliphatic heterocycles. The number of aromatic nitrogens is 1. The summed E-state index contributed by atoms with van der Waals surface area (Å²) in [6, 6.07) is 2.17. The number of hydrogen-bond donors (Lipinski definition) is 2. The second-order valence-electron chi connectivity index (χ2n) is 5.85. The fraction of sp³-hybridized carbons (Fsp3) is 0.643. The Kier molecular flexibility index (Phi) is 2.49. The van der Waals surface area contributed by atoms with Crippen molar-refractivity contribution in [2.45, 2.75) is 45.1 Å². The first-order valence-electron chi connectivity index (χ1n) is 6.66. The number of aryl methyl sites for hydroxylation is 1. The summed E-state index contributed by atoms with van der Waals surface area (Å²) in [5.74, 6) is 1.92. The van der Waals surface area contributed by atoms with Gasteiger partial charge in [0, 0.05) is 12.7 Å². The fourth-order valence-corrected chi connectivity index (χ4v) is 2.98. The third kappa shape index (κ3) is 1.99. The van der Waals surface area contributed by atoms with E-state index in [9.17, 15) is 0 Å². The molecule has 1 spiro atoms. The van der Waals surface area contributed by atoms with E-state index in [1.54, 1.807) is 0 Å². The largest absolute Gasteiger partial charge is 0.380 e. The molecule has 0 atom stereocenters. The number of pyridine rings is 1. The summed E-state index contributed by atoms with van der Waals surface area (Å²) in [4.78, 5) is 4.51. The number of nitrogens with one attached hydrogen (secondary N) is 2. The molecule has 3 nitrogen and oxygen atoms in total. The molecule has 1 saturated carbocycles. The van der Waals surface area contributed by atoms with Crippen LogP contribution in [0.15, 0.2) is 12.3 Å². The Balaban J connectivity index is 1.83. The van der Waals surface area contributed by atoms with Crippen molar-refractivity contribution in [1.82, 2.24) is 4.98 Å². The van der Waals surface area contributed by atoms with Gasteiger partial charge in [-0.1, -0.05) is 6.92 Å². The molecule has 0 bridgehead atoms. The van der Waals surface area contributed by atoms with Crippen molar-refractivity contribution in [2.24, 2.45) is 5.92 Å². The Bertz CT molecular complexity index is 419. The van der Waals surface area contributed by atoms with Gasteiger partial charge in [-0.2, -0.15) is 0 Å². The van der Waals surface area contributed by atoms with Crippen LogP contribution >= 0.6 is 0 Å². The van der Waals surface area contributed by atoms with Crippen LogP contribution in [-0.2, 0) is 0 Å². The normalized spacial score (nSPS) is 31.5. The Morgan fingerprint density at radius 3 is 2.88 bits per heavy atom. The van der Waals surface area contributed by atoms with Crippen LogP contribution in [0.5, 0.6) is 0 Å². The lowest BCUT2D eigenvalue weighted by Crippen LogP contribution is -2.50. The van der Waals surface area contributed by atoms with E-state index in [0.29, 0.717) is 0 Å². The summed E-state index contributed by atoms with van der Waals surface area (Å²) in [6.45, 7) is 5.48. The van der Waals surface area contributed by atoms with E-state index in [4.69, 9.17) is 0 Å². The van der Waals surface area contributed by atoms with E-state index in [1.165, 1.54) is 31.2 Å². The quantitative estimate of drug-likeness (QED) is 0.720. The van der Waals surface area contributed by atoms with Gasteiger partial charge in [0.1, 0.15) is 5.82 Å². The highest BCUT2D eigenvalue weighted by Crippen LogP contribution is 2.38. The molecule has 1 aromatic heterocycles. The molecule has 2 heterocycles. The maximum atomic E-state index is 4.51. The van der Waals surface area contributed by atoms with Gasteiger partial charge in [-0.15, -0.1) is 0 Å². The minimum Gasteiger partial charge on any atom is -0.380 e. The average molecular weight is 231 g/mol. The molecule has 1 aromatic rings. The molecule has 17 heavy (non-hydrogen) atoms. The first-order valence-corrected chi connectivity index (χ1v) is 6.66. The van der Waals surface area contributed by atoms with E-state index in [1.807, 2.05) is 6.20 Å². The van der Waals surface area contributed by atoms with Gasteiger partial charge in [0.2, 0.25) is 0 Å². The highest BCUT2D eigenvalue weighted by molar-refractivity contribution is 5.68. The third-order valence-corrected chi connectivity index (χ3v) is 4.26. The van der Waals surface area contributed by atoms with Gasteiger partial charge >= 0.3 is 0 Å². The van der Waals surface area contributed by atoms with Crippen molar-refractivity contribution < 1.29 is 0 Å². The molecule has 0 unspecified atom stereocenters. The van der Waals surface area contributed by atoms with Gasteiger partial charge in [0.15, 0.2) is 0 Å². The Morgan fingerprint density at radius 2 is 2.12 bits per heavy atom. The molecule has 2 aliphatic rings. The van der Waals surface area contributed by atoms with E-state index >= 15 is 0 Å². The lowest BCUT2D eigenvalue weighted by Gasteiger charge is -2.44. The first kappa shape index (κ1) is 10.9. The van der Waals surface area contributed by atoms with E-state index in [0.717, 1.165) is 24.0 Å². The molecule has 1 aliphatic carbocycles. The number of rotatable bonds is 0. The Labute approximate surface area is 103 Å². The summed E-state index contributed by atoms with van der Waals surface area (Å²) >= 11 is 0. The maximum Gasteiger partial charge on any atom is 0.149 e. The van der Waals surface area contributed by atoms with Crippen LogP contribution in [0, 0.1) is 12.8 Å². The summed E-state index contributed by atoms with van der Waals surface area (Å²) in [7, 11) is 0. The van der Waals surface area contributed by atoms with Crippen molar-refractivity contribution in [1.29, 1.82) is 0 Å². The molecule has 3 rings (SSSR count). The van der Waals surface area contributed by atoms with Gasteiger partial charge in [-0.05, 0) is 50.2 Å². The topological polar surface area (TPSA) is 37.0 Å². The zero-order chi connectivity index (χ0) is 11.9. The minimum absolute atomic E-state index is 0.252. The van der Waals surface area contributed by atoms with Gasteiger partial charge in [-0.3, -0.25) is 0 Å². The molecule has 0 saturated heterocycles. The second kappa shape index (κ2) is 3.90. The zero-order valence-electron chi connectivity index (χ0n) is 10.7. The fourth-order valence-electron chi connectivity index (χ4n) is 2.98. The van der Waals surface area contributed by atoms with Crippen molar-refractivity contribution in [3.05, 3.63) is 17.8 Å². The standard InChI is InChI=1S/C14H21N3/c1-10-3-5-14(6-4-10)9-16-12-7-11(2)8-15-13(12)17-14/h7-8,10,16H,3-6,9H2,1-2H3,(H,15,17). The molecule has 0 radical (unpaired) electrons. The molecule has 2 N–H and O–H groups in total. The van der Waals surface area contributed by atoms with Crippen LogP contribution < -0.4 is 10.6 Å². The van der Waals surface area contributed by atoms with Crippen LogP contribution in [0.3, 0.4) is 0 Å². The summed E-state index contributed by atoms with van der Waals surface area (Å²) in [5.41, 5.74) is 2.63. The van der Waals surface area contributed by atoms with E-state index in [-0.39, 0.29) is 5.54 Å². The predicted molar refractivity (Wildman–Crippen MR) is 71.4 cm³/mol. The van der Waals surface area contributed by atoms with Crippen molar-refractivity contribution >= 4 is 11.5 Å². The van der Waals surface area contributed by atoms with Gasteiger partial charge in [-0.25, -0.2) is 4.98 Å². The Hall–Kier alpha value is -1.25. The van der Waals surface area contributed by atoms with Crippen molar-refractivity contribution in [2.75, 3.05) is 17.2 Å². The number of fused-ring (bicyclic) bond motifs is 1. The highest BCUT2D eigenvalue weighted by Gasteiger charge is 2.37. The van der Waals surface area contributed by atoms with Crippen LogP contribution in [0.25, 0.3) is 0 Å². The molecular formula is C14H21N3. The highest BCUT2D eigenvalue weighted by atomic mass is 15.2. The lowest BCUT2D eigenvalue weighted by molar-refractivity contribution is 0.273. The van der Waals surface area contributed by atoms with Crippen LogP contribution in [0.4, 0.5) is 11.5 Å². The molecular weight excluding hydrogens is 210 g/mol. The smallest absolute Gasteiger partial charge is 0.149 e. The number of nitrogens with zero attached hydrogens (tertiary/aromatic N) is 1. The van der Waals surface area contributed by atoms with Crippen molar-refractivity contribution in [3.8, 4) is 0 Å². The molecule has 0 aromatic carbocycles. The van der Waals surface area contributed by atoms with Gasteiger partial charge in [0.05, 0.1) is 11.2 Å². The molecule has 3 heteroatoms. The summed E-state index contributed by atoms with van der Waals surface area (Å²) in [6.07, 6.45) is 7.12. The third-order valence-electron chi connectivity index (χ3n) is 4.26. The van der Waals surface area contributed by atoms with E-state index in [2.05, 4.69) is 35.5 Å². The van der Waals surface area contributed by atoms with Crippen LogP contribution in [0.2, 0.25) is 0 Å². The average Bonchev–Trinajstić information content (AvgIpc) is 2.34. The van der Waals surface area contributed by atoms with E-state index < -0.39 is 0 Å². The molecule has 1 fully saturated rings. The van der Waals surface area contributed by atoms with Crippen LogP contribution in [-0.4, -0.2) is 17.1 Å². The monoisotopic (exact) mass is 231 g/mol. The SMILES string of the molecule is Cc1cnc2c(c1)NCC1(CCC(C)CC1)N2. The zero-order valence-corrected chi connectivity index (χ0v) is 10.7. The van der Waals surface area contributed by atoms with Crippen LogP contribution in [0.1, 0.15) is 38.2 Å². The molecule has 0 amide bonds. The maximum absolute atomic E-state index is 4.51. The lowest BCUT2D eigenvalue weighted by atomic mass is 9.76. The minimum atomic E-state index is 0.252. The Morgan fingerprint density at radius 1 is 1.35 bits per heavy atom. The summed E-state index contributed by atoms with van der Waals surface area (Å²) < 4.78 is 0. The number of hydrogen-bond acceptors (Lipinski definition) is 3. The predicted octanol–water partition coefficient (Wildman–Crippen LogP) is 3.18. The molecule has 92 valence electrons. The van der Waals surface area contributed by atoms with Gasteiger partial charge < -0.3 is 10.6 Å². The number of anilines is 2. The first-order chi connectivity index (χ1) is 8.17. The summed E-state index contributed by atoms with van der Waals surface area (Å²) in [5, 5.41) is 7.24.